The first-order valence-corrected chi connectivity index (χ1v) is 7.46. The molecule has 1 aromatic carbocycles. The molecule has 4 nitrogen and oxygen atoms in total. The van der Waals surface area contributed by atoms with Gasteiger partial charge in [-0.3, -0.25) is 0 Å². The van der Waals surface area contributed by atoms with Crippen molar-refractivity contribution < 1.29 is 4.79 Å². The number of carbonyl (C=O) groups is 1. The number of nitrogens with one attached hydrogen (secondary N) is 1. The van der Waals surface area contributed by atoms with E-state index < -0.39 is 0 Å². The van der Waals surface area contributed by atoms with Gasteiger partial charge in [0.05, 0.1) is 0 Å². The zero-order valence-corrected chi connectivity index (χ0v) is 12.6. The van der Waals surface area contributed by atoms with Crippen molar-refractivity contribution in [2.24, 2.45) is 0 Å². The summed E-state index contributed by atoms with van der Waals surface area (Å²) in [5, 5.41) is 3.03. The van der Waals surface area contributed by atoms with E-state index in [4.69, 9.17) is 0 Å². The van der Waals surface area contributed by atoms with Gasteiger partial charge >= 0.3 is 6.03 Å². The van der Waals surface area contributed by atoms with Crippen LogP contribution in [-0.2, 0) is 6.54 Å². The molecule has 2 amide bonds. The Morgan fingerprint density at radius 2 is 1.90 bits per heavy atom. The Labute approximate surface area is 121 Å². The molecule has 1 fully saturated rings. The molecule has 1 aliphatic rings. The molecule has 1 heterocycles. The molecule has 20 heavy (non-hydrogen) atoms. The van der Waals surface area contributed by atoms with E-state index in [-0.39, 0.29) is 6.03 Å². The van der Waals surface area contributed by atoms with E-state index >= 15 is 0 Å². The van der Waals surface area contributed by atoms with E-state index in [0.717, 1.165) is 37.2 Å². The van der Waals surface area contributed by atoms with Crippen molar-refractivity contribution in [3.05, 3.63) is 29.8 Å². The topological polar surface area (TPSA) is 35.6 Å². The van der Waals surface area contributed by atoms with Crippen LogP contribution in [0.15, 0.2) is 24.3 Å². The number of hydrogen-bond donors (Lipinski definition) is 1. The highest BCUT2D eigenvalue weighted by Crippen LogP contribution is 2.14. The minimum absolute atomic E-state index is 0.0714. The number of urea groups is 1. The molecule has 0 saturated carbocycles. The summed E-state index contributed by atoms with van der Waals surface area (Å²) < 4.78 is 0. The van der Waals surface area contributed by atoms with Crippen molar-refractivity contribution in [2.45, 2.75) is 32.2 Å². The number of hydrogen-bond acceptors (Lipinski definition) is 2. The van der Waals surface area contributed by atoms with Gasteiger partial charge in [-0.2, -0.15) is 0 Å². The third-order valence-corrected chi connectivity index (χ3v) is 3.76. The molecule has 4 heteroatoms. The van der Waals surface area contributed by atoms with Crippen molar-refractivity contribution in [3.8, 4) is 0 Å². The predicted octanol–water partition coefficient (Wildman–Crippen LogP) is 2.84. The molecule has 2 rings (SSSR count). The summed E-state index contributed by atoms with van der Waals surface area (Å²) in [6.07, 6.45) is 4.75. The summed E-state index contributed by atoms with van der Waals surface area (Å²) in [7, 11) is 4.05. The molecular weight excluding hydrogens is 250 g/mol. The average molecular weight is 275 g/mol. The minimum Gasteiger partial charge on any atom is -0.378 e. The van der Waals surface area contributed by atoms with Gasteiger partial charge in [0.2, 0.25) is 0 Å². The lowest BCUT2D eigenvalue weighted by Gasteiger charge is -2.21. The maximum atomic E-state index is 12.1. The Morgan fingerprint density at radius 3 is 2.55 bits per heavy atom. The van der Waals surface area contributed by atoms with Crippen LogP contribution in [0.2, 0.25) is 0 Å². The number of benzene rings is 1. The van der Waals surface area contributed by atoms with Crippen molar-refractivity contribution in [1.82, 2.24) is 10.2 Å². The second kappa shape index (κ2) is 7.17. The van der Waals surface area contributed by atoms with Crippen LogP contribution in [0.3, 0.4) is 0 Å². The van der Waals surface area contributed by atoms with Crippen molar-refractivity contribution in [2.75, 3.05) is 32.1 Å². The highest BCUT2D eigenvalue weighted by atomic mass is 16.2. The Hall–Kier alpha value is -1.71. The summed E-state index contributed by atoms with van der Waals surface area (Å²) in [5.74, 6) is 0. The zero-order valence-electron chi connectivity index (χ0n) is 12.6. The molecule has 0 radical (unpaired) electrons. The van der Waals surface area contributed by atoms with Crippen LogP contribution >= 0.6 is 0 Å². The second-order valence-electron chi connectivity index (χ2n) is 5.62. The largest absolute Gasteiger partial charge is 0.378 e. The number of likely N-dealkylation sites (tertiary alicyclic amines) is 1. The normalized spacial score (nSPS) is 15.6. The first-order chi connectivity index (χ1) is 9.66. The smallest absolute Gasteiger partial charge is 0.317 e. The highest BCUT2D eigenvalue weighted by molar-refractivity contribution is 5.74. The minimum atomic E-state index is 0.0714. The third kappa shape index (κ3) is 4.15. The van der Waals surface area contributed by atoms with Crippen LogP contribution in [0.1, 0.15) is 31.2 Å². The van der Waals surface area contributed by atoms with Crippen LogP contribution in [0, 0.1) is 0 Å². The van der Waals surface area contributed by atoms with Gasteiger partial charge < -0.3 is 15.1 Å². The maximum absolute atomic E-state index is 12.1. The molecule has 0 spiro atoms. The molecule has 1 saturated heterocycles. The molecule has 0 atom stereocenters. The molecule has 0 aromatic heterocycles. The first-order valence-electron chi connectivity index (χ1n) is 7.46. The quantitative estimate of drug-likeness (QED) is 0.920. The Bertz CT molecular complexity index is 437. The van der Waals surface area contributed by atoms with Gasteiger partial charge in [-0.25, -0.2) is 4.79 Å². The van der Waals surface area contributed by atoms with E-state index in [9.17, 15) is 4.79 Å². The fourth-order valence-electron chi connectivity index (χ4n) is 2.51. The van der Waals surface area contributed by atoms with Gasteiger partial charge in [0, 0.05) is 39.4 Å². The number of rotatable bonds is 3. The zero-order chi connectivity index (χ0) is 14.4. The van der Waals surface area contributed by atoms with E-state index in [1.165, 1.54) is 12.8 Å². The van der Waals surface area contributed by atoms with Crippen molar-refractivity contribution >= 4 is 11.7 Å². The Kier molecular flexibility index (Phi) is 5.27. The van der Waals surface area contributed by atoms with E-state index in [1.807, 2.05) is 25.1 Å². The van der Waals surface area contributed by atoms with Gasteiger partial charge in [0.1, 0.15) is 0 Å². The molecule has 1 N–H and O–H groups in total. The van der Waals surface area contributed by atoms with E-state index in [1.54, 1.807) is 0 Å². The Balaban J connectivity index is 1.87. The SMILES string of the molecule is CN(C)c1cccc(CNC(=O)N2CCCCCC2)c1. The lowest BCUT2D eigenvalue weighted by atomic mass is 10.2. The van der Waals surface area contributed by atoms with Gasteiger partial charge in [-0.05, 0) is 30.5 Å². The number of amides is 2. The standard InChI is InChI=1S/C16H25N3O/c1-18(2)15-9-7-8-14(12-15)13-17-16(20)19-10-5-3-4-6-11-19/h7-9,12H,3-6,10-11,13H2,1-2H3,(H,17,20). The summed E-state index contributed by atoms with van der Waals surface area (Å²) in [6, 6.07) is 8.34. The average Bonchev–Trinajstić information content (AvgIpc) is 2.74. The Morgan fingerprint density at radius 1 is 1.20 bits per heavy atom. The molecular formula is C16H25N3O. The second-order valence-corrected chi connectivity index (χ2v) is 5.62. The summed E-state index contributed by atoms with van der Waals surface area (Å²) in [6.45, 7) is 2.38. The molecule has 0 bridgehead atoms. The molecule has 1 aliphatic heterocycles. The fraction of sp³-hybridized carbons (Fsp3) is 0.562. The number of carbonyl (C=O) groups excluding carboxylic acids is 1. The van der Waals surface area contributed by atoms with Crippen LogP contribution < -0.4 is 10.2 Å². The summed E-state index contributed by atoms with van der Waals surface area (Å²) in [4.78, 5) is 16.2. The fourth-order valence-corrected chi connectivity index (χ4v) is 2.51. The van der Waals surface area contributed by atoms with E-state index in [0.29, 0.717) is 6.54 Å². The monoisotopic (exact) mass is 275 g/mol. The van der Waals surface area contributed by atoms with Crippen LogP contribution in [0.4, 0.5) is 10.5 Å². The lowest BCUT2D eigenvalue weighted by Crippen LogP contribution is -2.40. The lowest BCUT2D eigenvalue weighted by molar-refractivity contribution is 0.199. The summed E-state index contributed by atoms with van der Waals surface area (Å²) in [5.41, 5.74) is 2.30. The van der Waals surface area contributed by atoms with Gasteiger partial charge in [0.25, 0.3) is 0 Å². The molecule has 110 valence electrons. The highest BCUT2D eigenvalue weighted by Gasteiger charge is 2.14. The van der Waals surface area contributed by atoms with Crippen LogP contribution in [-0.4, -0.2) is 38.1 Å². The van der Waals surface area contributed by atoms with Gasteiger partial charge in [0.15, 0.2) is 0 Å². The van der Waals surface area contributed by atoms with Gasteiger partial charge in [-0.15, -0.1) is 0 Å². The first kappa shape index (κ1) is 14.7. The number of anilines is 1. The maximum Gasteiger partial charge on any atom is 0.317 e. The molecule has 0 unspecified atom stereocenters. The van der Waals surface area contributed by atoms with E-state index in [2.05, 4.69) is 28.4 Å². The number of nitrogens with zero attached hydrogens (tertiary/aromatic N) is 2. The van der Waals surface area contributed by atoms with Gasteiger partial charge in [-0.1, -0.05) is 25.0 Å². The van der Waals surface area contributed by atoms with Crippen molar-refractivity contribution in [3.63, 3.8) is 0 Å². The predicted molar refractivity (Wildman–Crippen MR) is 83.0 cm³/mol. The molecule has 1 aromatic rings. The van der Waals surface area contributed by atoms with Crippen LogP contribution in [0.25, 0.3) is 0 Å². The molecule has 0 aliphatic carbocycles. The summed E-state index contributed by atoms with van der Waals surface area (Å²) >= 11 is 0. The van der Waals surface area contributed by atoms with Crippen LogP contribution in [0.5, 0.6) is 0 Å². The van der Waals surface area contributed by atoms with Crippen molar-refractivity contribution in [1.29, 1.82) is 0 Å². The third-order valence-electron chi connectivity index (χ3n) is 3.76.